The van der Waals surface area contributed by atoms with Gasteiger partial charge in [0.15, 0.2) is 12.2 Å². The molecule has 5 nitrogen and oxygen atoms in total. The number of ether oxygens (including phenoxy) is 1. The molecule has 1 aliphatic rings. The molecule has 1 fully saturated rings. The van der Waals surface area contributed by atoms with E-state index in [1.807, 2.05) is 0 Å². The molecule has 1 amide bonds. The first-order valence-electron chi connectivity index (χ1n) is 7.57. The van der Waals surface area contributed by atoms with Gasteiger partial charge in [0.05, 0.1) is 5.56 Å². The molecule has 0 aromatic heterocycles. The summed E-state index contributed by atoms with van der Waals surface area (Å²) < 4.78 is 42.1. The molecule has 24 heavy (non-hydrogen) atoms. The normalized spacial score (nSPS) is 17.2. The molecule has 0 aliphatic heterocycles. The summed E-state index contributed by atoms with van der Waals surface area (Å²) in [6.07, 6.45) is -1.50. The highest BCUT2D eigenvalue weighted by atomic mass is 19.4. The van der Waals surface area contributed by atoms with E-state index in [0.29, 0.717) is 25.7 Å². The largest absolute Gasteiger partial charge is 0.453 e. The Labute approximate surface area is 136 Å². The number of hydrogen-bond acceptors (Lipinski definition) is 4. The Morgan fingerprint density at radius 2 is 1.71 bits per heavy atom. The van der Waals surface area contributed by atoms with E-state index in [0.717, 1.165) is 30.7 Å². The van der Waals surface area contributed by atoms with Gasteiger partial charge in [-0.2, -0.15) is 13.2 Å². The maximum absolute atomic E-state index is 12.4. The first-order chi connectivity index (χ1) is 11.2. The van der Waals surface area contributed by atoms with Crippen LogP contribution in [0.3, 0.4) is 0 Å². The summed E-state index contributed by atoms with van der Waals surface area (Å²) in [6.45, 7) is -0.609. The van der Waals surface area contributed by atoms with Crippen molar-refractivity contribution in [3.05, 3.63) is 29.8 Å². The molecule has 0 unspecified atom stereocenters. The fourth-order valence-corrected chi connectivity index (χ4v) is 2.55. The Bertz CT molecular complexity index is 592. The number of rotatable bonds is 4. The molecule has 1 aliphatic carbocycles. The third-order valence-corrected chi connectivity index (χ3v) is 3.89. The van der Waals surface area contributed by atoms with E-state index in [1.165, 1.54) is 0 Å². The van der Waals surface area contributed by atoms with Crippen LogP contribution in [-0.2, 0) is 20.5 Å². The predicted octanol–water partition coefficient (Wildman–Crippen LogP) is 2.88. The highest BCUT2D eigenvalue weighted by Gasteiger charge is 2.38. The summed E-state index contributed by atoms with van der Waals surface area (Å²) in [5.74, 6) is -1.53. The van der Waals surface area contributed by atoms with E-state index >= 15 is 0 Å². The summed E-state index contributed by atoms with van der Waals surface area (Å²) in [5.41, 5.74) is -2.22. The number of halogens is 3. The molecule has 0 atom stereocenters. The van der Waals surface area contributed by atoms with E-state index in [9.17, 15) is 27.9 Å². The molecule has 0 saturated heterocycles. The smallest absolute Gasteiger partial charge is 0.416 e. The van der Waals surface area contributed by atoms with Gasteiger partial charge in [-0.1, -0.05) is 6.42 Å². The van der Waals surface area contributed by atoms with Crippen LogP contribution in [0.25, 0.3) is 0 Å². The number of carbonyl (C=O) groups excluding carboxylic acids is 2. The van der Waals surface area contributed by atoms with Crippen LogP contribution in [0, 0.1) is 0 Å². The average molecular weight is 345 g/mol. The molecule has 8 heteroatoms. The van der Waals surface area contributed by atoms with Crippen molar-refractivity contribution < 1.29 is 32.6 Å². The van der Waals surface area contributed by atoms with Crippen LogP contribution in [-0.4, -0.2) is 29.2 Å². The number of benzene rings is 1. The number of aliphatic hydroxyl groups is 1. The number of nitrogens with one attached hydrogen (secondary N) is 1. The molecule has 132 valence electrons. The molecule has 0 radical (unpaired) electrons. The predicted molar refractivity (Wildman–Crippen MR) is 79.1 cm³/mol. The van der Waals surface area contributed by atoms with Gasteiger partial charge in [-0.3, -0.25) is 4.79 Å². The van der Waals surface area contributed by atoms with Gasteiger partial charge in [0, 0.05) is 5.69 Å². The maximum atomic E-state index is 12.4. The second kappa shape index (κ2) is 7.21. The van der Waals surface area contributed by atoms with Crippen molar-refractivity contribution in [2.24, 2.45) is 0 Å². The quantitative estimate of drug-likeness (QED) is 0.823. The molecular formula is C16H18F3NO4. The number of anilines is 1. The number of hydrogen-bond donors (Lipinski definition) is 2. The fraction of sp³-hybridized carbons (Fsp3) is 0.500. The zero-order valence-electron chi connectivity index (χ0n) is 12.9. The Hall–Kier alpha value is -2.09. The molecule has 1 aromatic rings. The van der Waals surface area contributed by atoms with Gasteiger partial charge in [-0.05, 0) is 49.9 Å². The van der Waals surface area contributed by atoms with Gasteiger partial charge in [0.2, 0.25) is 0 Å². The Kier molecular flexibility index (Phi) is 5.48. The Morgan fingerprint density at radius 3 is 2.25 bits per heavy atom. The minimum absolute atomic E-state index is 0.153. The average Bonchev–Trinajstić information content (AvgIpc) is 2.53. The van der Waals surface area contributed by atoms with E-state index in [-0.39, 0.29) is 5.69 Å². The van der Waals surface area contributed by atoms with Crippen LogP contribution in [0.1, 0.15) is 37.7 Å². The standard InChI is InChI=1S/C16H18F3NO4/c17-16(18,19)11-4-6-12(7-5-11)20-13(21)10-24-14(22)15(23)8-2-1-3-9-15/h4-7,23H,1-3,8-10H2,(H,20,21). The lowest BCUT2D eigenvalue weighted by atomic mass is 9.85. The number of amides is 1. The van der Waals surface area contributed by atoms with Crippen molar-refractivity contribution in [3.63, 3.8) is 0 Å². The second-order valence-electron chi connectivity index (χ2n) is 5.79. The summed E-state index contributed by atoms with van der Waals surface area (Å²) >= 11 is 0. The molecule has 0 heterocycles. The first-order valence-corrected chi connectivity index (χ1v) is 7.57. The minimum Gasteiger partial charge on any atom is -0.453 e. The highest BCUT2D eigenvalue weighted by molar-refractivity contribution is 5.93. The molecule has 0 bridgehead atoms. The van der Waals surface area contributed by atoms with Gasteiger partial charge in [0.1, 0.15) is 0 Å². The van der Waals surface area contributed by atoms with Crippen molar-refractivity contribution in [3.8, 4) is 0 Å². The van der Waals surface area contributed by atoms with Crippen LogP contribution in [0.4, 0.5) is 18.9 Å². The van der Waals surface area contributed by atoms with Crippen molar-refractivity contribution >= 4 is 17.6 Å². The zero-order valence-corrected chi connectivity index (χ0v) is 12.9. The van der Waals surface area contributed by atoms with Crippen molar-refractivity contribution in [1.82, 2.24) is 0 Å². The van der Waals surface area contributed by atoms with Crippen LogP contribution >= 0.6 is 0 Å². The number of carbonyl (C=O) groups is 2. The molecule has 1 aromatic carbocycles. The van der Waals surface area contributed by atoms with Crippen molar-refractivity contribution in [1.29, 1.82) is 0 Å². The van der Waals surface area contributed by atoms with Crippen LogP contribution in [0.5, 0.6) is 0 Å². The Balaban J connectivity index is 1.84. The lowest BCUT2D eigenvalue weighted by Crippen LogP contribution is -2.42. The molecular weight excluding hydrogens is 327 g/mol. The van der Waals surface area contributed by atoms with Gasteiger partial charge >= 0.3 is 12.1 Å². The molecule has 2 rings (SSSR count). The SMILES string of the molecule is O=C(COC(=O)C1(O)CCCCC1)Nc1ccc(C(F)(F)F)cc1. The number of esters is 1. The van der Waals surface area contributed by atoms with E-state index in [4.69, 9.17) is 4.74 Å². The summed E-state index contributed by atoms with van der Waals surface area (Å²) in [7, 11) is 0. The molecule has 2 N–H and O–H groups in total. The van der Waals surface area contributed by atoms with Gasteiger partial charge in [-0.15, -0.1) is 0 Å². The van der Waals surface area contributed by atoms with Crippen LogP contribution in [0.15, 0.2) is 24.3 Å². The van der Waals surface area contributed by atoms with Gasteiger partial charge in [-0.25, -0.2) is 4.79 Å². The van der Waals surface area contributed by atoms with Gasteiger partial charge < -0.3 is 15.2 Å². The lowest BCUT2D eigenvalue weighted by molar-refractivity contribution is -0.170. The van der Waals surface area contributed by atoms with E-state index < -0.39 is 35.8 Å². The minimum atomic E-state index is -4.45. The highest BCUT2D eigenvalue weighted by Crippen LogP contribution is 2.30. The lowest BCUT2D eigenvalue weighted by Gasteiger charge is -2.29. The second-order valence-corrected chi connectivity index (χ2v) is 5.79. The summed E-state index contributed by atoms with van der Waals surface area (Å²) in [6, 6.07) is 3.90. The topological polar surface area (TPSA) is 75.6 Å². The van der Waals surface area contributed by atoms with E-state index in [2.05, 4.69) is 5.32 Å². The monoisotopic (exact) mass is 345 g/mol. The zero-order chi connectivity index (χ0) is 17.8. The van der Waals surface area contributed by atoms with Crippen molar-refractivity contribution in [2.45, 2.75) is 43.9 Å². The molecule has 1 saturated carbocycles. The first kappa shape index (κ1) is 18.3. The Morgan fingerprint density at radius 1 is 1.12 bits per heavy atom. The van der Waals surface area contributed by atoms with Crippen molar-refractivity contribution in [2.75, 3.05) is 11.9 Å². The van der Waals surface area contributed by atoms with Crippen LogP contribution in [0.2, 0.25) is 0 Å². The summed E-state index contributed by atoms with van der Waals surface area (Å²) in [5, 5.41) is 12.5. The maximum Gasteiger partial charge on any atom is 0.416 e. The molecule has 0 spiro atoms. The third kappa shape index (κ3) is 4.70. The van der Waals surface area contributed by atoms with E-state index in [1.54, 1.807) is 0 Å². The number of alkyl halides is 3. The summed E-state index contributed by atoms with van der Waals surface area (Å²) in [4.78, 5) is 23.5. The fourth-order valence-electron chi connectivity index (χ4n) is 2.55. The third-order valence-electron chi connectivity index (χ3n) is 3.89. The van der Waals surface area contributed by atoms with Gasteiger partial charge in [0.25, 0.3) is 5.91 Å². The van der Waals surface area contributed by atoms with Crippen LogP contribution < -0.4 is 5.32 Å².